The van der Waals surface area contributed by atoms with E-state index in [0.29, 0.717) is 11.4 Å². The third-order valence-corrected chi connectivity index (χ3v) is 3.47. The number of Topliss-reactive ketones (excluding diaryl/α,β-unsaturated/α-hetero) is 1. The first-order valence-electron chi connectivity index (χ1n) is 5.20. The number of ketones is 1. The maximum atomic E-state index is 12.0. The predicted octanol–water partition coefficient (Wildman–Crippen LogP) is 2.31. The van der Waals surface area contributed by atoms with Crippen molar-refractivity contribution >= 4 is 21.7 Å². The fourth-order valence-electron chi connectivity index (χ4n) is 1.49. The largest absolute Gasteiger partial charge is 0.294 e. The lowest BCUT2D eigenvalue weighted by atomic mass is 10.1. The standard InChI is InChI=1S/C12H12BrN3O/c1-8-3-4-9(5-10(8)13)11(17)6-12-14-7-15-16(12)2/h3-5,7H,6H2,1-2H3. The summed E-state index contributed by atoms with van der Waals surface area (Å²) in [6.45, 7) is 1.99. The molecule has 0 N–H and O–H groups in total. The van der Waals surface area contributed by atoms with Crippen LogP contribution in [0, 0.1) is 6.92 Å². The van der Waals surface area contributed by atoms with Gasteiger partial charge in [0.25, 0.3) is 0 Å². The molecule has 0 saturated heterocycles. The molecule has 5 heteroatoms. The molecule has 0 radical (unpaired) electrons. The smallest absolute Gasteiger partial charge is 0.170 e. The van der Waals surface area contributed by atoms with Crippen LogP contribution in [-0.2, 0) is 13.5 Å². The summed E-state index contributed by atoms with van der Waals surface area (Å²) < 4.78 is 2.56. The maximum Gasteiger partial charge on any atom is 0.170 e. The third kappa shape index (κ3) is 2.61. The Hall–Kier alpha value is -1.49. The van der Waals surface area contributed by atoms with Crippen molar-refractivity contribution in [2.24, 2.45) is 7.05 Å². The topological polar surface area (TPSA) is 47.8 Å². The van der Waals surface area contributed by atoms with Gasteiger partial charge in [0.05, 0.1) is 6.42 Å². The zero-order valence-corrected chi connectivity index (χ0v) is 11.2. The number of carbonyl (C=O) groups excluding carboxylic acids is 1. The summed E-state index contributed by atoms with van der Waals surface area (Å²) >= 11 is 3.42. The van der Waals surface area contributed by atoms with Crippen LogP contribution in [-0.4, -0.2) is 20.5 Å². The molecule has 0 unspecified atom stereocenters. The quantitative estimate of drug-likeness (QED) is 0.816. The summed E-state index contributed by atoms with van der Waals surface area (Å²) in [7, 11) is 1.78. The van der Waals surface area contributed by atoms with Crippen LogP contribution in [0.4, 0.5) is 0 Å². The molecule has 1 aromatic heterocycles. The van der Waals surface area contributed by atoms with Crippen LogP contribution in [0.2, 0.25) is 0 Å². The number of benzene rings is 1. The van der Waals surface area contributed by atoms with Gasteiger partial charge in [-0.05, 0) is 18.6 Å². The molecule has 1 heterocycles. The minimum absolute atomic E-state index is 0.0433. The van der Waals surface area contributed by atoms with Crippen LogP contribution in [0.5, 0.6) is 0 Å². The van der Waals surface area contributed by atoms with Crippen LogP contribution in [0.15, 0.2) is 29.0 Å². The average molecular weight is 294 g/mol. The highest BCUT2D eigenvalue weighted by Crippen LogP contribution is 2.18. The van der Waals surface area contributed by atoms with E-state index in [2.05, 4.69) is 26.0 Å². The van der Waals surface area contributed by atoms with Crippen molar-refractivity contribution in [3.8, 4) is 0 Å². The van der Waals surface area contributed by atoms with Gasteiger partial charge in [-0.2, -0.15) is 5.10 Å². The summed E-state index contributed by atoms with van der Waals surface area (Å²) in [4.78, 5) is 16.1. The van der Waals surface area contributed by atoms with Crippen molar-refractivity contribution in [3.63, 3.8) is 0 Å². The second-order valence-electron chi connectivity index (χ2n) is 3.86. The molecule has 4 nitrogen and oxygen atoms in total. The van der Waals surface area contributed by atoms with Crippen LogP contribution in [0.1, 0.15) is 21.7 Å². The molecule has 0 aliphatic heterocycles. The molecule has 0 saturated carbocycles. The van der Waals surface area contributed by atoms with Gasteiger partial charge in [0.15, 0.2) is 5.78 Å². The Morgan fingerprint density at radius 3 is 2.82 bits per heavy atom. The monoisotopic (exact) mass is 293 g/mol. The van der Waals surface area contributed by atoms with Gasteiger partial charge >= 0.3 is 0 Å². The highest BCUT2D eigenvalue weighted by molar-refractivity contribution is 9.10. The summed E-state index contributed by atoms with van der Waals surface area (Å²) in [5.74, 6) is 0.716. The maximum absolute atomic E-state index is 12.0. The molecule has 2 aromatic rings. The second kappa shape index (κ2) is 4.79. The summed E-state index contributed by atoms with van der Waals surface area (Å²) in [6.07, 6.45) is 1.72. The summed E-state index contributed by atoms with van der Waals surface area (Å²) in [5, 5.41) is 3.94. The van der Waals surface area contributed by atoms with Crippen LogP contribution < -0.4 is 0 Å². The first kappa shape index (κ1) is 12.0. The third-order valence-electron chi connectivity index (χ3n) is 2.62. The van der Waals surface area contributed by atoms with E-state index in [0.717, 1.165) is 10.0 Å². The summed E-state index contributed by atoms with van der Waals surface area (Å²) in [5.41, 5.74) is 1.80. The van der Waals surface area contributed by atoms with Crippen LogP contribution in [0.25, 0.3) is 0 Å². The molecule has 0 amide bonds. The molecule has 2 rings (SSSR count). The Kier molecular flexibility index (Phi) is 3.38. The summed E-state index contributed by atoms with van der Waals surface area (Å²) in [6, 6.07) is 5.60. The van der Waals surface area contributed by atoms with E-state index in [1.54, 1.807) is 11.7 Å². The number of halogens is 1. The Balaban J connectivity index is 2.20. The van der Waals surface area contributed by atoms with Crippen LogP contribution >= 0.6 is 15.9 Å². The van der Waals surface area contributed by atoms with Gasteiger partial charge in [-0.3, -0.25) is 9.48 Å². The fourth-order valence-corrected chi connectivity index (χ4v) is 1.87. The van der Waals surface area contributed by atoms with E-state index in [-0.39, 0.29) is 12.2 Å². The van der Waals surface area contributed by atoms with Crippen molar-refractivity contribution in [2.75, 3.05) is 0 Å². The zero-order valence-electron chi connectivity index (χ0n) is 9.64. The average Bonchev–Trinajstić information content (AvgIpc) is 2.68. The molecule has 0 fully saturated rings. The van der Waals surface area contributed by atoms with Gasteiger partial charge in [-0.1, -0.05) is 28.1 Å². The molecular weight excluding hydrogens is 282 g/mol. The highest BCUT2D eigenvalue weighted by Gasteiger charge is 2.11. The number of rotatable bonds is 3. The van der Waals surface area contributed by atoms with E-state index in [4.69, 9.17) is 0 Å². The van der Waals surface area contributed by atoms with Gasteiger partial charge < -0.3 is 0 Å². The lowest BCUT2D eigenvalue weighted by Crippen LogP contribution is -2.09. The first-order chi connectivity index (χ1) is 8.08. The Labute approximate surface area is 108 Å². The van der Waals surface area contributed by atoms with Crippen LogP contribution in [0.3, 0.4) is 0 Å². The Bertz CT molecular complexity index is 563. The van der Waals surface area contributed by atoms with Crippen molar-refractivity contribution in [1.82, 2.24) is 14.8 Å². The highest BCUT2D eigenvalue weighted by atomic mass is 79.9. The number of aryl methyl sites for hydroxylation is 2. The Morgan fingerprint density at radius 1 is 1.47 bits per heavy atom. The molecule has 17 heavy (non-hydrogen) atoms. The fraction of sp³-hybridized carbons (Fsp3) is 0.250. The normalized spacial score (nSPS) is 10.5. The number of carbonyl (C=O) groups is 1. The molecule has 0 spiro atoms. The molecule has 0 atom stereocenters. The molecule has 1 aromatic carbocycles. The molecule has 0 bridgehead atoms. The molecule has 0 aliphatic carbocycles. The minimum Gasteiger partial charge on any atom is -0.294 e. The lowest BCUT2D eigenvalue weighted by Gasteiger charge is -2.03. The van der Waals surface area contributed by atoms with E-state index in [1.165, 1.54) is 6.33 Å². The van der Waals surface area contributed by atoms with E-state index in [9.17, 15) is 4.79 Å². The lowest BCUT2D eigenvalue weighted by molar-refractivity contribution is 0.0989. The Morgan fingerprint density at radius 2 is 2.24 bits per heavy atom. The van der Waals surface area contributed by atoms with Gasteiger partial charge in [0.1, 0.15) is 12.2 Å². The molecule has 88 valence electrons. The SMILES string of the molecule is Cc1ccc(C(=O)Cc2ncnn2C)cc1Br. The van der Waals surface area contributed by atoms with Gasteiger partial charge in [-0.25, -0.2) is 4.98 Å². The van der Waals surface area contributed by atoms with Crippen molar-refractivity contribution in [2.45, 2.75) is 13.3 Å². The van der Waals surface area contributed by atoms with E-state index in [1.807, 2.05) is 25.1 Å². The number of hydrogen-bond donors (Lipinski definition) is 0. The number of aromatic nitrogens is 3. The van der Waals surface area contributed by atoms with Crippen molar-refractivity contribution in [3.05, 3.63) is 46.0 Å². The van der Waals surface area contributed by atoms with Gasteiger partial charge in [-0.15, -0.1) is 0 Å². The van der Waals surface area contributed by atoms with Crippen molar-refractivity contribution < 1.29 is 4.79 Å². The zero-order chi connectivity index (χ0) is 12.4. The van der Waals surface area contributed by atoms with E-state index < -0.39 is 0 Å². The number of hydrogen-bond acceptors (Lipinski definition) is 3. The van der Waals surface area contributed by atoms with Gasteiger partial charge in [0.2, 0.25) is 0 Å². The number of nitrogens with zero attached hydrogens (tertiary/aromatic N) is 3. The minimum atomic E-state index is 0.0433. The van der Waals surface area contributed by atoms with Gasteiger partial charge in [0, 0.05) is 17.1 Å². The predicted molar refractivity (Wildman–Crippen MR) is 67.9 cm³/mol. The molecule has 0 aliphatic rings. The van der Waals surface area contributed by atoms with Crippen molar-refractivity contribution in [1.29, 1.82) is 0 Å². The van der Waals surface area contributed by atoms with E-state index >= 15 is 0 Å². The second-order valence-corrected chi connectivity index (χ2v) is 4.72. The molecular formula is C12H12BrN3O. The first-order valence-corrected chi connectivity index (χ1v) is 5.99.